The van der Waals surface area contributed by atoms with Gasteiger partial charge in [0.15, 0.2) is 9.84 Å². The average molecular weight is 258 g/mol. The van der Waals surface area contributed by atoms with E-state index in [1.54, 1.807) is 0 Å². The zero-order valence-electron chi connectivity index (χ0n) is 8.02. The van der Waals surface area contributed by atoms with Crippen molar-refractivity contribution in [1.29, 1.82) is 0 Å². The molecular weight excluding hydrogens is 253 g/mol. The number of carboxylic acids is 1. The van der Waals surface area contributed by atoms with E-state index in [4.69, 9.17) is 11.6 Å². The van der Waals surface area contributed by atoms with E-state index in [1.807, 2.05) is 0 Å². The van der Waals surface area contributed by atoms with Crippen LogP contribution in [-0.4, -0.2) is 25.6 Å². The number of rotatable bonds is 2. The second-order valence-corrected chi connectivity index (χ2v) is 4.91. The summed E-state index contributed by atoms with van der Waals surface area (Å²) in [5.74, 6) is -1.67. The van der Waals surface area contributed by atoms with E-state index in [-0.39, 0.29) is 34.7 Å². The van der Waals surface area contributed by atoms with Gasteiger partial charge >= 0.3 is 29.6 Å². The second kappa shape index (κ2) is 5.27. The number of aromatic nitrogens is 1. The number of aromatic carboxylic acids is 1. The summed E-state index contributed by atoms with van der Waals surface area (Å²) in [5.41, 5.74) is -0.667. The van der Waals surface area contributed by atoms with Crippen LogP contribution in [0.1, 0.15) is 10.5 Å². The zero-order valence-corrected chi connectivity index (χ0v) is 11.6. The first-order chi connectivity index (χ1) is 6.32. The Kier molecular flexibility index (Phi) is 5.22. The zero-order chi connectivity index (χ0) is 10.9. The molecule has 0 saturated carbocycles. The molecule has 0 aliphatic heterocycles. The van der Waals surface area contributed by atoms with Gasteiger partial charge in [0.1, 0.15) is 10.8 Å². The topological polar surface area (TPSA) is 87.2 Å². The number of hydrogen-bond donors (Lipinski definition) is 0. The number of nitrogens with zero attached hydrogens (tertiary/aromatic N) is 1. The van der Waals surface area contributed by atoms with Gasteiger partial charge in [0.2, 0.25) is 0 Å². The van der Waals surface area contributed by atoms with Gasteiger partial charge < -0.3 is 9.90 Å². The fraction of sp³-hybridized carbons (Fsp3) is 0.143. The molecule has 1 rings (SSSR count). The Balaban J connectivity index is 0.00000196. The Morgan fingerprint density at radius 2 is 2.00 bits per heavy atom. The molecule has 0 saturated heterocycles. The van der Waals surface area contributed by atoms with Gasteiger partial charge in [0, 0.05) is 6.26 Å². The van der Waals surface area contributed by atoms with Crippen molar-refractivity contribution < 1.29 is 47.9 Å². The summed E-state index contributed by atoms with van der Waals surface area (Å²) in [5, 5.41) is 10.4. The molecule has 15 heavy (non-hydrogen) atoms. The van der Waals surface area contributed by atoms with E-state index < -0.39 is 26.4 Å². The van der Waals surface area contributed by atoms with Gasteiger partial charge in [-0.1, -0.05) is 11.6 Å². The van der Waals surface area contributed by atoms with Crippen LogP contribution in [-0.2, 0) is 9.84 Å². The Bertz CT molecular complexity index is 488. The van der Waals surface area contributed by atoms with Crippen LogP contribution >= 0.6 is 11.6 Å². The van der Waals surface area contributed by atoms with Gasteiger partial charge in [-0.15, -0.1) is 0 Å². The summed E-state index contributed by atoms with van der Waals surface area (Å²) in [6.07, 6.45) is 0.879. The van der Waals surface area contributed by atoms with E-state index in [9.17, 15) is 18.3 Å². The summed E-state index contributed by atoms with van der Waals surface area (Å²) >= 11 is 5.41. The number of carbonyl (C=O) groups is 1. The largest absolute Gasteiger partial charge is 1.00 e. The molecule has 1 heterocycles. The minimum atomic E-state index is -3.64. The van der Waals surface area contributed by atoms with Crippen molar-refractivity contribution in [2.75, 3.05) is 6.26 Å². The summed E-state index contributed by atoms with van der Waals surface area (Å²) in [6.45, 7) is 0. The van der Waals surface area contributed by atoms with Crippen molar-refractivity contribution in [3.63, 3.8) is 0 Å². The predicted octanol–water partition coefficient (Wildman–Crippen LogP) is -3.49. The molecule has 0 unspecified atom stereocenters. The first-order valence-corrected chi connectivity index (χ1v) is 5.67. The first kappa shape index (κ1) is 14.9. The summed E-state index contributed by atoms with van der Waals surface area (Å²) in [4.78, 5) is 13.5. The quantitative estimate of drug-likeness (QED) is 0.405. The molecule has 0 aromatic carbocycles. The van der Waals surface area contributed by atoms with Crippen LogP contribution < -0.4 is 34.7 Å². The first-order valence-electron chi connectivity index (χ1n) is 3.40. The molecule has 5 nitrogen and oxygen atoms in total. The fourth-order valence-corrected chi connectivity index (χ4v) is 1.81. The van der Waals surface area contributed by atoms with Crippen LogP contribution in [0.25, 0.3) is 0 Å². The van der Waals surface area contributed by atoms with E-state index in [2.05, 4.69) is 4.98 Å². The number of pyridine rings is 1. The summed E-state index contributed by atoms with van der Waals surface area (Å²) < 4.78 is 22.2. The van der Waals surface area contributed by atoms with E-state index >= 15 is 0 Å². The Morgan fingerprint density at radius 1 is 1.47 bits per heavy atom. The molecule has 0 radical (unpaired) electrons. The molecule has 76 valence electrons. The number of sulfone groups is 1. The molecule has 0 N–H and O–H groups in total. The maximum Gasteiger partial charge on any atom is 1.00 e. The van der Waals surface area contributed by atoms with Crippen LogP contribution in [0.5, 0.6) is 0 Å². The molecule has 0 spiro atoms. The van der Waals surface area contributed by atoms with Gasteiger partial charge in [-0.2, -0.15) is 0 Å². The molecule has 1 aromatic heterocycles. The van der Waals surface area contributed by atoms with Crippen LogP contribution in [0.4, 0.5) is 0 Å². The Hall–Kier alpha value is -0.140. The summed E-state index contributed by atoms with van der Waals surface area (Å²) in [6, 6.07) is 2.28. The molecule has 0 atom stereocenters. The van der Waals surface area contributed by atoms with Gasteiger partial charge in [-0.3, -0.25) is 0 Å². The van der Waals surface area contributed by atoms with Crippen molar-refractivity contribution in [2.24, 2.45) is 0 Å². The van der Waals surface area contributed by atoms with Crippen LogP contribution in [0, 0.1) is 0 Å². The number of carboxylic acid groups (broad SMARTS) is 1. The summed E-state index contributed by atoms with van der Waals surface area (Å²) in [7, 11) is -3.64. The maximum atomic E-state index is 11.1. The third-order valence-electron chi connectivity index (χ3n) is 1.42. The van der Waals surface area contributed by atoms with Gasteiger partial charge in [-0.25, -0.2) is 13.4 Å². The second-order valence-electron chi connectivity index (χ2n) is 2.54. The Morgan fingerprint density at radius 3 is 2.40 bits per heavy atom. The SMILES string of the molecule is CS(=O)(=O)c1ccc(Cl)nc1C(=O)[O-].[Na+]. The van der Waals surface area contributed by atoms with Crippen LogP contribution in [0.15, 0.2) is 17.0 Å². The third kappa shape index (κ3) is 3.73. The maximum absolute atomic E-state index is 11.1. The number of hydrogen-bond acceptors (Lipinski definition) is 5. The minimum absolute atomic E-state index is 0. The van der Waals surface area contributed by atoms with Gasteiger partial charge in [-0.05, 0) is 12.1 Å². The normalized spacial score (nSPS) is 10.5. The fourth-order valence-electron chi connectivity index (χ4n) is 0.868. The van der Waals surface area contributed by atoms with Gasteiger partial charge in [0.25, 0.3) is 0 Å². The molecule has 0 aliphatic rings. The van der Waals surface area contributed by atoms with Crippen LogP contribution in [0.3, 0.4) is 0 Å². The molecule has 0 amide bonds. The van der Waals surface area contributed by atoms with E-state index in [1.165, 1.54) is 6.07 Å². The van der Waals surface area contributed by atoms with Crippen molar-refractivity contribution in [3.8, 4) is 0 Å². The predicted molar refractivity (Wildman–Crippen MR) is 46.7 cm³/mol. The average Bonchev–Trinajstić information content (AvgIpc) is 2.01. The van der Waals surface area contributed by atoms with Crippen molar-refractivity contribution >= 4 is 27.4 Å². The Labute approximate surface area is 114 Å². The van der Waals surface area contributed by atoms with Crippen LogP contribution in [0.2, 0.25) is 5.15 Å². The molecule has 8 heteroatoms. The van der Waals surface area contributed by atoms with Crippen molar-refractivity contribution in [3.05, 3.63) is 23.0 Å². The standard InChI is InChI=1S/C7H6ClNO4S.Na/c1-14(12,13)4-2-3-5(8)9-6(4)7(10)11;/h2-3H,1H3,(H,10,11);/q;+1/p-1. The monoisotopic (exact) mass is 257 g/mol. The number of carbonyl (C=O) groups excluding carboxylic acids is 1. The molecular formula is C7H5ClNNaO4S. The van der Waals surface area contributed by atoms with Crippen molar-refractivity contribution in [1.82, 2.24) is 4.98 Å². The smallest absolute Gasteiger partial charge is 0.543 e. The third-order valence-corrected chi connectivity index (χ3v) is 2.76. The molecule has 0 bridgehead atoms. The molecule has 0 aliphatic carbocycles. The van der Waals surface area contributed by atoms with E-state index in [0.29, 0.717) is 0 Å². The van der Waals surface area contributed by atoms with Crippen molar-refractivity contribution in [2.45, 2.75) is 4.90 Å². The number of halogens is 1. The molecule has 1 aromatic rings. The molecule has 0 fully saturated rings. The van der Waals surface area contributed by atoms with Gasteiger partial charge in [0.05, 0.1) is 10.9 Å². The minimum Gasteiger partial charge on any atom is -0.543 e. The van der Waals surface area contributed by atoms with E-state index in [0.717, 1.165) is 12.3 Å².